The fourth-order valence-corrected chi connectivity index (χ4v) is 3.59. The van der Waals surface area contributed by atoms with E-state index in [0.717, 1.165) is 37.3 Å². The number of hydrogen-bond donors (Lipinski definition) is 1. The zero-order chi connectivity index (χ0) is 19.1. The van der Waals surface area contributed by atoms with Crippen molar-refractivity contribution in [2.45, 2.75) is 25.3 Å². The van der Waals surface area contributed by atoms with E-state index in [2.05, 4.69) is 34.5 Å². The normalized spacial score (nSPS) is 17.1. The summed E-state index contributed by atoms with van der Waals surface area (Å²) in [4.78, 5) is 17.2. The monoisotopic (exact) mass is 365 g/mol. The molecule has 0 radical (unpaired) electrons. The Labute approximate surface area is 163 Å². The lowest BCUT2D eigenvalue weighted by atomic mass is 9.91. The highest BCUT2D eigenvalue weighted by atomic mass is 16.2. The van der Waals surface area contributed by atoms with Crippen LogP contribution in [0.25, 0.3) is 0 Å². The standard InChI is InChI=1S/C23H31N3O/c1-25(2)15-16-26(18-19-7-4-3-5-8-19)23(27)21-12-10-20(11-13-21)22-9-6-14-24-17-22/h3-5,7-8,10-13,22,24H,6,9,14-18H2,1-2H3/t22-/m1/s1. The van der Waals surface area contributed by atoms with Crippen molar-refractivity contribution < 1.29 is 4.79 Å². The van der Waals surface area contributed by atoms with Crippen LogP contribution in [-0.4, -0.2) is 56.0 Å². The molecular formula is C23H31N3O. The van der Waals surface area contributed by atoms with Gasteiger partial charge in [0.25, 0.3) is 5.91 Å². The summed E-state index contributed by atoms with van der Waals surface area (Å²) in [6.07, 6.45) is 2.45. The van der Waals surface area contributed by atoms with E-state index in [-0.39, 0.29) is 5.91 Å². The van der Waals surface area contributed by atoms with E-state index in [1.165, 1.54) is 18.4 Å². The molecule has 2 aromatic carbocycles. The minimum Gasteiger partial charge on any atom is -0.333 e. The van der Waals surface area contributed by atoms with E-state index in [9.17, 15) is 4.79 Å². The van der Waals surface area contributed by atoms with Crippen LogP contribution in [0.3, 0.4) is 0 Å². The summed E-state index contributed by atoms with van der Waals surface area (Å²) >= 11 is 0. The summed E-state index contributed by atoms with van der Waals surface area (Å²) in [7, 11) is 4.08. The molecule has 1 N–H and O–H groups in total. The molecule has 1 atom stereocenters. The van der Waals surface area contributed by atoms with Crippen molar-refractivity contribution in [3.8, 4) is 0 Å². The number of piperidine rings is 1. The first-order valence-electron chi connectivity index (χ1n) is 9.92. The summed E-state index contributed by atoms with van der Waals surface area (Å²) in [6.45, 7) is 4.37. The first-order chi connectivity index (χ1) is 13.1. The van der Waals surface area contributed by atoms with Crippen LogP contribution >= 0.6 is 0 Å². The number of nitrogens with zero attached hydrogens (tertiary/aromatic N) is 2. The second-order valence-corrected chi connectivity index (χ2v) is 7.68. The number of hydrogen-bond acceptors (Lipinski definition) is 3. The van der Waals surface area contributed by atoms with Crippen molar-refractivity contribution in [1.29, 1.82) is 0 Å². The van der Waals surface area contributed by atoms with Crippen LogP contribution < -0.4 is 5.32 Å². The third kappa shape index (κ3) is 5.65. The zero-order valence-electron chi connectivity index (χ0n) is 16.5. The molecule has 0 spiro atoms. The number of rotatable bonds is 7. The molecule has 2 aromatic rings. The zero-order valence-corrected chi connectivity index (χ0v) is 16.5. The maximum Gasteiger partial charge on any atom is 0.254 e. The highest BCUT2D eigenvalue weighted by Crippen LogP contribution is 2.23. The van der Waals surface area contributed by atoms with Gasteiger partial charge in [-0.3, -0.25) is 4.79 Å². The summed E-state index contributed by atoms with van der Waals surface area (Å²) in [5.74, 6) is 0.672. The lowest BCUT2D eigenvalue weighted by Crippen LogP contribution is -2.36. The Bertz CT molecular complexity index is 706. The van der Waals surface area contributed by atoms with Gasteiger partial charge in [-0.05, 0) is 62.7 Å². The Morgan fingerprint density at radius 1 is 1.04 bits per heavy atom. The van der Waals surface area contributed by atoms with Gasteiger partial charge in [-0.1, -0.05) is 42.5 Å². The van der Waals surface area contributed by atoms with Crippen molar-refractivity contribution >= 4 is 5.91 Å². The molecule has 0 aliphatic carbocycles. The largest absolute Gasteiger partial charge is 0.333 e. The topological polar surface area (TPSA) is 35.6 Å². The predicted molar refractivity (Wildman–Crippen MR) is 111 cm³/mol. The van der Waals surface area contributed by atoms with Crippen LogP contribution in [-0.2, 0) is 6.54 Å². The minimum absolute atomic E-state index is 0.106. The van der Waals surface area contributed by atoms with E-state index >= 15 is 0 Å². The smallest absolute Gasteiger partial charge is 0.254 e. The van der Waals surface area contributed by atoms with Crippen LogP contribution in [0.2, 0.25) is 0 Å². The highest BCUT2D eigenvalue weighted by molar-refractivity contribution is 5.94. The number of nitrogens with one attached hydrogen (secondary N) is 1. The molecule has 4 heteroatoms. The predicted octanol–water partition coefficient (Wildman–Crippen LogP) is 3.36. The van der Waals surface area contributed by atoms with E-state index < -0.39 is 0 Å². The van der Waals surface area contributed by atoms with Gasteiger partial charge in [0.1, 0.15) is 0 Å². The fraction of sp³-hybridized carbons (Fsp3) is 0.435. The average Bonchev–Trinajstić information content (AvgIpc) is 2.72. The van der Waals surface area contributed by atoms with Crippen LogP contribution in [0, 0.1) is 0 Å². The van der Waals surface area contributed by atoms with Gasteiger partial charge in [0.05, 0.1) is 0 Å². The SMILES string of the molecule is CN(C)CCN(Cc1ccccc1)C(=O)c1ccc([C@@H]2CCCNC2)cc1. The third-order valence-electron chi connectivity index (χ3n) is 5.25. The molecule has 4 nitrogen and oxygen atoms in total. The number of likely N-dealkylation sites (N-methyl/N-ethyl adjacent to an activating group) is 1. The lowest BCUT2D eigenvalue weighted by Gasteiger charge is -2.26. The van der Waals surface area contributed by atoms with E-state index in [1.54, 1.807) is 0 Å². The van der Waals surface area contributed by atoms with Crippen molar-refractivity contribution in [2.24, 2.45) is 0 Å². The molecule has 144 valence electrons. The first kappa shape index (κ1) is 19.6. The lowest BCUT2D eigenvalue weighted by molar-refractivity contribution is 0.0732. The number of carbonyl (C=O) groups is 1. The van der Waals surface area contributed by atoms with Crippen LogP contribution in [0.1, 0.15) is 40.2 Å². The Balaban J connectivity index is 1.71. The third-order valence-corrected chi connectivity index (χ3v) is 5.25. The van der Waals surface area contributed by atoms with Gasteiger partial charge < -0.3 is 15.1 Å². The molecule has 1 saturated heterocycles. The second-order valence-electron chi connectivity index (χ2n) is 7.68. The average molecular weight is 366 g/mol. The van der Waals surface area contributed by atoms with E-state index in [4.69, 9.17) is 0 Å². The molecule has 1 aliphatic rings. The van der Waals surface area contributed by atoms with E-state index in [1.807, 2.05) is 49.3 Å². The molecule has 27 heavy (non-hydrogen) atoms. The van der Waals surface area contributed by atoms with Gasteiger partial charge in [-0.2, -0.15) is 0 Å². The molecule has 0 aromatic heterocycles. The van der Waals surface area contributed by atoms with Gasteiger partial charge in [-0.15, -0.1) is 0 Å². The van der Waals surface area contributed by atoms with E-state index in [0.29, 0.717) is 12.5 Å². The molecule has 1 fully saturated rings. The number of amides is 1. The molecule has 3 rings (SSSR count). The molecule has 1 amide bonds. The second kappa shape index (κ2) is 9.67. The van der Waals surface area contributed by atoms with Crippen molar-refractivity contribution in [1.82, 2.24) is 15.1 Å². The maximum atomic E-state index is 13.1. The summed E-state index contributed by atoms with van der Waals surface area (Å²) in [5, 5.41) is 3.46. The first-order valence-corrected chi connectivity index (χ1v) is 9.92. The summed E-state index contributed by atoms with van der Waals surface area (Å²) < 4.78 is 0. The van der Waals surface area contributed by atoms with Crippen LogP contribution in [0.4, 0.5) is 0 Å². The van der Waals surface area contributed by atoms with Gasteiger partial charge in [0.15, 0.2) is 0 Å². The number of benzene rings is 2. The summed E-state index contributed by atoms with van der Waals surface area (Å²) in [5.41, 5.74) is 3.27. The van der Waals surface area contributed by atoms with Crippen LogP contribution in [0.5, 0.6) is 0 Å². The maximum absolute atomic E-state index is 13.1. The Morgan fingerprint density at radius 2 is 1.78 bits per heavy atom. The molecule has 1 heterocycles. The van der Waals surface area contributed by atoms with Crippen molar-refractivity contribution in [2.75, 3.05) is 40.3 Å². The van der Waals surface area contributed by atoms with Gasteiger partial charge in [0, 0.05) is 31.7 Å². The molecule has 0 bridgehead atoms. The Hall–Kier alpha value is -2.17. The highest BCUT2D eigenvalue weighted by Gasteiger charge is 2.18. The van der Waals surface area contributed by atoms with Gasteiger partial charge in [0.2, 0.25) is 0 Å². The molecule has 0 unspecified atom stereocenters. The molecular weight excluding hydrogens is 334 g/mol. The van der Waals surface area contributed by atoms with Gasteiger partial charge >= 0.3 is 0 Å². The van der Waals surface area contributed by atoms with Crippen LogP contribution in [0.15, 0.2) is 54.6 Å². The quantitative estimate of drug-likeness (QED) is 0.817. The van der Waals surface area contributed by atoms with Crippen molar-refractivity contribution in [3.05, 3.63) is 71.3 Å². The fourth-order valence-electron chi connectivity index (χ4n) is 3.59. The van der Waals surface area contributed by atoms with Gasteiger partial charge in [-0.25, -0.2) is 0 Å². The Morgan fingerprint density at radius 3 is 2.41 bits per heavy atom. The molecule has 0 saturated carbocycles. The minimum atomic E-state index is 0.106. The number of carbonyl (C=O) groups excluding carboxylic acids is 1. The molecule has 1 aliphatic heterocycles. The Kier molecular flexibility index (Phi) is 7.02. The van der Waals surface area contributed by atoms with Crippen molar-refractivity contribution in [3.63, 3.8) is 0 Å². The summed E-state index contributed by atoms with van der Waals surface area (Å²) in [6, 6.07) is 18.5.